The van der Waals surface area contributed by atoms with E-state index in [0.717, 1.165) is 19.4 Å². The van der Waals surface area contributed by atoms with E-state index in [1.54, 1.807) is 13.2 Å². The van der Waals surface area contributed by atoms with Crippen molar-refractivity contribution in [2.24, 2.45) is 5.92 Å². The molecule has 0 N–H and O–H groups in total. The lowest BCUT2D eigenvalue weighted by molar-refractivity contribution is 0.0734. The van der Waals surface area contributed by atoms with Gasteiger partial charge in [0.05, 0.1) is 16.1 Å². The molecule has 0 spiro atoms. The monoisotopic (exact) mass is 383 g/mol. The van der Waals surface area contributed by atoms with E-state index in [2.05, 4.69) is 0 Å². The largest absolute Gasteiger partial charge is 0.423 e. The zero-order chi connectivity index (χ0) is 19.2. The van der Waals surface area contributed by atoms with Gasteiger partial charge >= 0.3 is 5.97 Å². The molecule has 0 aromatic heterocycles. The predicted molar refractivity (Wildman–Crippen MR) is 104 cm³/mol. The molecule has 4 nitrogen and oxygen atoms in total. The molecule has 0 unspecified atom stereocenters. The number of nitrogens with zero attached hydrogens (tertiary/aromatic N) is 1. The van der Waals surface area contributed by atoms with E-state index in [-0.39, 0.29) is 5.02 Å². The molecule has 0 saturated heterocycles. The second-order valence-electron chi connectivity index (χ2n) is 6.94. The van der Waals surface area contributed by atoms with Gasteiger partial charge in [-0.15, -0.1) is 0 Å². The van der Waals surface area contributed by atoms with Gasteiger partial charge in [0.2, 0.25) is 0 Å². The Labute approximate surface area is 164 Å². The molecular weight excluding hydrogens is 362 g/mol. The van der Waals surface area contributed by atoms with E-state index < -0.39 is 5.97 Å². The fourth-order valence-corrected chi connectivity index (χ4v) is 3.82. The lowest BCUT2D eigenvalue weighted by atomic mass is 9.79. The van der Waals surface area contributed by atoms with Crippen molar-refractivity contribution in [2.45, 2.75) is 31.6 Å². The Morgan fingerprint density at radius 1 is 1.15 bits per heavy atom. The van der Waals surface area contributed by atoms with Gasteiger partial charge in [0.15, 0.2) is 0 Å². The van der Waals surface area contributed by atoms with E-state index in [4.69, 9.17) is 26.3 Å². The number of carbonyl (C=O) groups is 1. The zero-order valence-corrected chi connectivity index (χ0v) is 16.0. The summed E-state index contributed by atoms with van der Waals surface area (Å²) >= 11 is 5.97. The standard InChI is InChI=1S/C22H22ClNO3/c1-26-14-15-2-4-16(5-3-15)17-6-8-18(9-7-17)22(25)27-20-11-10-19(13-24)21(23)12-20/h6-12,15-16H,2-5,14H2,1H3/t15-,16-. The first-order chi connectivity index (χ1) is 13.1. The molecule has 27 heavy (non-hydrogen) atoms. The number of nitriles is 1. The average Bonchev–Trinajstić information content (AvgIpc) is 2.69. The molecule has 3 rings (SSSR count). The summed E-state index contributed by atoms with van der Waals surface area (Å²) in [6.07, 6.45) is 4.67. The van der Waals surface area contributed by atoms with Crippen LogP contribution in [-0.4, -0.2) is 19.7 Å². The molecule has 140 valence electrons. The number of hydrogen-bond acceptors (Lipinski definition) is 4. The van der Waals surface area contributed by atoms with Crippen LogP contribution in [0, 0.1) is 17.2 Å². The van der Waals surface area contributed by atoms with Crippen LogP contribution < -0.4 is 4.74 Å². The van der Waals surface area contributed by atoms with Gasteiger partial charge in [-0.2, -0.15) is 5.26 Å². The summed E-state index contributed by atoms with van der Waals surface area (Å²) in [6, 6.07) is 14.2. The Balaban J connectivity index is 1.61. The van der Waals surface area contributed by atoms with Crippen LogP contribution in [0.1, 0.15) is 53.1 Å². The Bertz CT molecular complexity index is 834. The Morgan fingerprint density at radius 3 is 2.44 bits per heavy atom. The fourth-order valence-electron chi connectivity index (χ4n) is 3.61. The molecule has 0 amide bonds. The number of carbonyl (C=O) groups excluding carboxylic acids is 1. The molecule has 1 saturated carbocycles. The van der Waals surface area contributed by atoms with Crippen molar-refractivity contribution in [1.82, 2.24) is 0 Å². The average molecular weight is 384 g/mol. The van der Waals surface area contributed by atoms with Crippen LogP contribution in [0.2, 0.25) is 5.02 Å². The van der Waals surface area contributed by atoms with Crippen molar-refractivity contribution in [3.05, 3.63) is 64.2 Å². The molecule has 0 atom stereocenters. The summed E-state index contributed by atoms with van der Waals surface area (Å²) in [5.74, 6) is 1.09. The van der Waals surface area contributed by atoms with Crippen molar-refractivity contribution in [2.75, 3.05) is 13.7 Å². The summed E-state index contributed by atoms with van der Waals surface area (Å²) in [7, 11) is 1.76. The number of benzene rings is 2. The summed E-state index contributed by atoms with van der Waals surface area (Å²) in [5.41, 5.74) is 2.11. The van der Waals surface area contributed by atoms with Gasteiger partial charge in [-0.3, -0.25) is 0 Å². The van der Waals surface area contributed by atoms with Gasteiger partial charge in [-0.05, 0) is 67.3 Å². The van der Waals surface area contributed by atoms with Crippen molar-refractivity contribution in [1.29, 1.82) is 5.26 Å². The van der Waals surface area contributed by atoms with Crippen LogP contribution >= 0.6 is 11.6 Å². The van der Waals surface area contributed by atoms with Crippen molar-refractivity contribution >= 4 is 17.6 Å². The third-order valence-corrected chi connectivity index (χ3v) is 5.45. The normalized spacial score (nSPS) is 19.3. The van der Waals surface area contributed by atoms with Gasteiger partial charge in [0, 0.05) is 19.8 Å². The first kappa shape index (κ1) is 19.4. The van der Waals surface area contributed by atoms with Crippen LogP contribution in [0.3, 0.4) is 0 Å². The molecule has 0 bridgehead atoms. The van der Waals surface area contributed by atoms with E-state index in [1.165, 1.54) is 30.5 Å². The molecule has 5 heteroatoms. The second-order valence-corrected chi connectivity index (χ2v) is 7.35. The van der Waals surface area contributed by atoms with Crippen LogP contribution in [0.4, 0.5) is 0 Å². The molecule has 1 fully saturated rings. The highest BCUT2D eigenvalue weighted by Gasteiger charge is 2.22. The number of esters is 1. The van der Waals surface area contributed by atoms with E-state index in [1.807, 2.05) is 30.3 Å². The molecule has 0 aliphatic heterocycles. The smallest absolute Gasteiger partial charge is 0.343 e. The molecule has 2 aromatic rings. The maximum atomic E-state index is 12.3. The number of ether oxygens (including phenoxy) is 2. The number of rotatable bonds is 5. The first-order valence-electron chi connectivity index (χ1n) is 9.11. The van der Waals surface area contributed by atoms with Gasteiger partial charge < -0.3 is 9.47 Å². The third-order valence-electron chi connectivity index (χ3n) is 5.14. The van der Waals surface area contributed by atoms with Crippen LogP contribution in [0.25, 0.3) is 0 Å². The first-order valence-corrected chi connectivity index (χ1v) is 9.49. The van der Waals surface area contributed by atoms with E-state index >= 15 is 0 Å². The molecule has 0 radical (unpaired) electrons. The highest BCUT2D eigenvalue weighted by atomic mass is 35.5. The number of halogens is 1. The van der Waals surface area contributed by atoms with Crippen molar-refractivity contribution < 1.29 is 14.3 Å². The summed E-state index contributed by atoms with van der Waals surface area (Å²) in [6.45, 7) is 0.844. The minimum Gasteiger partial charge on any atom is -0.423 e. The van der Waals surface area contributed by atoms with E-state index in [0.29, 0.717) is 28.7 Å². The molecule has 1 aliphatic rings. The molecule has 0 heterocycles. The molecule has 1 aliphatic carbocycles. The van der Waals surface area contributed by atoms with Gasteiger partial charge in [-0.1, -0.05) is 23.7 Å². The van der Waals surface area contributed by atoms with Crippen molar-refractivity contribution in [3.63, 3.8) is 0 Å². The van der Waals surface area contributed by atoms with Crippen LogP contribution in [0.15, 0.2) is 42.5 Å². The summed E-state index contributed by atoms with van der Waals surface area (Å²) in [5, 5.41) is 9.16. The van der Waals surface area contributed by atoms with Gasteiger partial charge in [0.25, 0.3) is 0 Å². The lowest BCUT2D eigenvalue weighted by Crippen LogP contribution is -2.17. The minimum absolute atomic E-state index is 0.266. The Kier molecular flexibility index (Phi) is 6.49. The van der Waals surface area contributed by atoms with Crippen LogP contribution in [0.5, 0.6) is 5.75 Å². The van der Waals surface area contributed by atoms with E-state index in [9.17, 15) is 4.79 Å². The third kappa shape index (κ3) is 4.88. The van der Waals surface area contributed by atoms with Gasteiger partial charge in [-0.25, -0.2) is 4.79 Å². The van der Waals surface area contributed by atoms with Crippen LogP contribution in [-0.2, 0) is 4.74 Å². The quantitative estimate of drug-likeness (QED) is 0.515. The topological polar surface area (TPSA) is 59.3 Å². The SMILES string of the molecule is COC[C@H]1CC[C@H](c2ccc(C(=O)Oc3ccc(C#N)c(Cl)c3)cc2)CC1. The Morgan fingerprint density at radius 2 is 1.85 bits per heavy atom. The minimum atomic E-state index is -0.439. The predicted octanol–water partition coefficient (Wildman–Crippen LogP) is 5.35. The number of hydrogen-bond donors (Lipinski definition) is 0. The molecule has 2 aromatic carbocycles. The highest BCUT2D eigenvalue weighted by molar-refractivity contribution is 6.31. The maximum absolute atomic E-state index is 12.3. The second kappa shape index (κ2) is 9.03. The Hall–Kier alpha value is -2.35. The lowest BCUT2D eigenvalue weighted by Gasteiger charge is -2.28. The molecular formula is C22H22ClNO3. The summed E-state index contributed by atoms with van der Waals surface area (Å²) < 4.78 is 10.6. The maximum Gasteiger partial charge on any atom is 0.343 e. The fraction of sp³-hybridized carbons (Fsp3) is 0.364. The van der Waals surface area contributed by atoms with Gasteiger partial charge in [0.1, 0.15) is 11.8 Å². The summed E-state index contributed by atoms with van der Waals surface area (Å²) in [4.78, 5) is 12.3. The zero-order valence-electron chi connectivity index (χ0n) is 15.3. The number of methoxy groups -OCH3 is 1. The highest BCUT2D eigenvalue weighted by Crippen LogP contribution is 2.36. The van der Waals surface area contributed by atoms with Crippen molar-refractivity contribution in [3.8, 4) is 11.8 Å².